The lowest BCUT2D eigenvalue weighted by Gasteiger charge is -2.45. The molecule has 0 aromatic carbocycles. The first kappa shape index (κ1) is 13.7. The molecule has 0 spiro atoms. The quantitative estimate of drug-likeness (QED) is 0.530. The maximum absolute atomic E-state index is 11.9. The third kappa shape index (κ3) is 2.48. The Kier molecular flexibility index (Phi) is 4.56. The summed E-state index contributed by atoms with van der Waals surface area (Å²) >= 11 is 0. The minimum absolute atomic E-state index is 0.131. The molecule has 1 heterocycles. The molecular formula is C12H25NO2Si. The highest BCUT2D eigenvalue weighted by molar-refractivity contribution is 6.73. The molecule has 94 valence electrons. The molecule has 1 aliphatic rings. The van der Waals surface area contributed by atoms with Crippen LogP contribution in [0.15, 0.2) is 0 Å². The highest BCUT2D eigenvalue weighted by Gasteiger charge is 2.43. The van der Waals surface area contributed by atoms with E-state index in [9.17, 15) is 4.79 Å². The van der Waals surface area contributed by atoms with Gasteiger partial charge in [-0.15, -0.1) is 0 Å². The van der Waals surface area contributed by atoms with Gasteiger partial charge in [0.05, 0.1) is 6.54 Å². The smallest absolute Gasteiger partial charge is 0.252 e. The zero-order chi connectivity index (χ0) is 12.3. The first-order valence-corrected chi connectivity index (χ1v) is 9.01. The summed E-state index contributed by atoms with van der Waals surface area (Å²) in [5.74, 6) is 0.197. The Bertz CT molecular complexity index is 243. The molecule has 0 aromatic rings. The van der Waals surface area contributed by atoms with Gasteiger partial charge in [-0.2, -0.15) is 0 Å². The maximum Gasteiger partial charge on any atom is 0.252 e. The molecule has 0 saturated carbocycles. The number of nitrogens with zero attached hydrogens (tertiary/aromatic N) is 1. The Labute approximate surface area is 100 Å². The van der Waals surface area contributed by atoms with Crippen LogP contribution in [-0.4, -0.2) is 37.8 Å². The summed E-state index contributed by atoms with van der Waals surface area (Å²) in [6.07, 6.45) is -0.131. The summed E-state index contributed by atoms with van der Waals surface area (Å²) < 4.78 is 6.16. The van der Waals surface area contributed by atoms with Gasteiger partial charge in [-0.1, -0.05) is 20.8 Å². The standard InChI is InChI=1S/C12H25NO2Si/c1-6-16(7-2,8-3)15-11-9-13(10(4)5)12(11)14/h10-11H,6-9H2,1-5H3. The van der Waals surface area contributed by atoms with Crippen LogP contribution in [0.4, 0.5) is 0 Å². The highest BCUT2D eigenvalue weighted by Crippen LogP contribution is 2.28. The number of amides is 1. The molecule has 1 fully saturated rings. The number of hydrogen-bond donors (Lipinski definition) is 0. The average molecular weight is 243 g/mol. The molecule has 0 radical (unpaired) electrons. The fourth-order valence-corrected chi connectivity index (χ4v) is 5.05. The van der Waals surface area contributed by atoms with Crippen LogP contribution in [0.25, 0.3) is 0 Å². The van der Waals surface area contributed by atoms with Gasteiger partial charge >= 0.3 is 0 Å². The van der Waals surface area contributed by atoms with E-state index in [1.165, 1.54) is 0 Å². The van der Waals surface area contributed by atoms with Crippen molar-refractivity contribution >= 4 is 14.2 Å². The number of β-lactam (4-membered cyclic amide) rings is 1. The van der Waals surface area contributed by atoms with Gasteiger partial charge in [-0.05, 0) is 32.0 Å². The molecule has 1 atom stereocenters. The van der Waals surface area contributed by atoms with Crippen LogP contribution < -0.4 is 0 Å². The number of carbonyl (C=O) groups is 1. The lowest BCUT2D eigenvalue weighted by atomic mass is 10.1. The lowest BCUT2D eigenvalue weighted by Crippen LogP contribution is -2.63. The summed E-state index contributed by atoms with van der Waals surface area (Å²) in [7, 11) is -1.60. The van der Waals surface area contributed by atoms with E-state index in [2.05, 4.69) is 34.6 Å². The molecule has 4 heteroatoms. The average Bonchev–Trinajstić information content (AvgIpc) is 2.28. The molecule has 16 heavy (non-hydrogen) atoms. The summed E-state index contributed by atoms with van der Waals surface area (Å²) in [4.78, 5) is 13.7. The Morgan fingerprint density at radius 1 is 1.31 bits per heavy atom. The SMILES string of the molecule is CC[Si](CC)(CC)OC1CN(C(C)C)C1=O. The predicted octanol–water partition coefficient (Wildman–Crippen LogP) is 2.63. The van der Waals surface area contributed by atoms with E-state index in [4.69, 9.17) is 4.43 Å². The predicted molar refractivity (Wildman–Crippen MR) is 68.9 cm³/mol. The van der Waals surface area contributed by atoms with Crippen molar-refractivity contribution in [1.29, 1.82) is 0 Å². The third-order valence-corrected chi connectivity index (χ3v) is 8.52. The van der Waals surface area contributed by atoms with Crippen molar-refractivity contribution in [2.45, 2.75) is 64.9 Å². The van der Waals surface area contributed by atoms with Crippen molar-refractivity contribution in [3.8, 4) is 0 Å². The largest absolute Gasteiger partial charge is 0.404 e. The van der Waals surface area contributed by atoms with Gasteiger partial charge in [0.25, 0.3) is 5.91 Å². The van der Waals surface area contributed by atoms with Crippen molar-refractivity contribution in [3.63, 3.8) is 0 Å². The molecule has 0 N–H and O–H groups in total. The molecule has 0 bridgehead atoms. The van der Waals surface area contributed by atoms with Crippen LogP contribution in [0, 0.1) is 0 Å². The first-order chi connectivity index (χ1) is 7.49. The van der Waals surface area contributed by atoms with Crippen molar-refractivity contribution in [3.05, 3.63) is 0 Å². The van der Waals surface area contributed by atoms with Crippen molar-refractivity contribution in [2.24, 2.45) is 0 Å². The number of carbonyl (C=O) groups excluding carboxylic acids is 1. The van der Waals surface area contributed by atoms with Gasteiger partial charge in [0.2, 0.25) is 0 Å². The minimum Gasteiger partial charge on any atom is -0.404 e. The first-order valence-electron chi connectivity index (χ1n) is 6.48. The second-order valence-electron chi connectivity index (χ2n) is 4.93. The van der Waals surface area contributed by atoms with Crippen molar-refractivity contribution in [1.82, 2.24) is 4.90 Å². The highest BCUT2D eigenvalue weighted by atomic mass is 28.4. The van der Waals surface area contributed by atoms with E-state index in [-0.39, 0.29) is 12.0 Å². The fraction of sp³-hybridized carbons (Fsp3) is 0.917. The summed E-state index contributed by atoms with van der Waals surface area (Å²) in [6.45, 7) is 11.5. The van der Waals surface area contributed by atoms with Crippen LogP contribution in [0.1, 0.15) is 34.6 Å². The zero-order valence-corrected chi connectivity index (χ0v) is 12.2. The molecule has 3 nitrogen and oxygen atoms in total. The lowest BCUT2D eigenvalue weighted by molar-refractivity contribution is -0.156. The summed E-state index contributed by atoms with van der Waals surface area (Å²) in [5, 5.41) is 0. The van der Waals surface area contributed by atoms with Gasteiger partial charge in [0.1, 0.15) is 6.10 Å². The Morgan fingerprint density at radius 2 is 1.81 bits per heavy atom. The topological polar surface area (TPSA) is 29.5 Å². The summed E-state index contributed by atoms with van der Waals surface area (Å²) in [6, 6.07) is 3.66. The van der Waals surface area contributed by atoms with E-state index < -0.39 is 8.32 Å². The molecule has 1 aliphatic heterocycles. The van der Waals surface area contributed by atoms with Crippen LogP contribution in [0.2, 0.25) is 18.1 Å². The van der Waals surface area contributed by atoms with Gasteiger partial charge < -0.3 is 9.33 Å². The Balaban J connectivity index is 2.54. The molecule has 1 saturated heterocycles. The van der Waals surface area contributed by atoms with Gasteiger partial charge in [-0.25, -0.2) is 0 Å². The zero-order valence-electron chi connectivity index (χ0n) is 11.2. The number of likely N-dealkylation sites (tertiary alicyclic amines) is 1. The number of hydrogen-bond acceptors (Lipinski definition) is 2. The van der Waals surface area contributed by atoms with Gasteiger partial charge in [0.15, 0.2) is 8.32 Å². The van der Waals surface area contributed by atoms with Crippen LogP contribution in [0.5, 0.6) is 0 Å². The van der Waals surface area contributed by atoms with E-state index in [0.717, 1.165) is 24.7 Å². The molecular weight excluding hydrogens is 218 g/mol. The van der Waals surface area contributed by atoms with E-state index in [1.807, 2.05) is 4.90 Å². The van der Waals surface area contributed by atoms with Crippen LogP contribution in [0.3, 0.4) is 0 Å². The van der Waals surface area contributed by atoms with E-state index >= 15 is 0 Å². The Morgan fingerprint density at radius 3 is 2.12 bits per heavy atom. The van der Waals surface area contributed by atoms with Gasteiger partial charge in [-0.3, -0.25) is 4.79 Å². The molecule has 1 rings (SSSR count). The van der Waals surface area contributed by atoms with Crippen molar-refractivity contribution in [2.75, 3.05) is 6.54 Å². The molecule has 1 amide bonds. The maximum atomic E-state index is 11.9. The van der Waals surface area contributed by atoms with Crippen LogP contribution >= 0.6 is 0 Å². The van der Waals surface area contributed by atoms with Crippen molar-refractivity contribution < 1.29 is 9.22 Å². The molecule has 0 aromatic heterocycles. The second kappa shape index (κ2) is 5.32. The van der Waals surface area contributed by atoms with Crippen LogP contribution in [-0.2, 0) is 9.22 Å². The second-order valence-corrected chi connectivity index (χ2v) is 9.66. The molecule has 1 unspecified atom stereocenters. The summed E-state index contributed by atoms with van der Waals surface area (Å²) in [5.41, 5.74) is 0. The normalized spacial score (nSPS) is 21.5. The molecule has 0 aliphatic carbocycles. The monoisotopic (exact) mass is 243 g/mol. The van der Waals surface area contributed by atoms with E-state index in [0.29, 0.717) is 6.04 Å². The Hall–Kier alpha value is -0.353. The third-order valence-electron chi connectivity index (χ3n) is 3.87. The fourth-order valence-electron chi connectivity index (χ4n) is 2.27. The van der Waals surface area contributed by atoms with E-state index in [1.54, 1.807) is 0 Å². The minimum atomic E-state index is -1.60. The van der Waals surface area contributed by atoms with Gasteiger partial charge in [0, 0.05) is 6.04 Å². The number of rotatable bonds is 6.